The van der Waals surface area contributed by atoms with E-state index in [9.17, 15) is 0 Å². The van der Waals surface area contributed by atoms with Gasteiger partial charge in [0, 0.05) is 4.70 Å². The highest BCUT2D eigenvalue weighted by molar-refractivity contribution is 7.17. The number of hydrogen-bond acceptors (Lipinski definition) is 2. The molecule has 1 N–H and O–H groups in total. The fraction of sp³-hybridized carbons (Fsp3) is 0.579. The maximum absolute atomic E-state index is 3.41. The van der Waals surface area contributed by atoms with Crippen LogP contribution in [0.1, 0.15) is 38.7 Å². The lowest BCUT2D eigenvalue weighted by molar-refractivity contribution is 0.117. The molecule has 2 heteroatoms. The van der Waals surface area contributed by atoms with Gasteiger partial charge in [-0.1, -0.05) is 32.0 Å². The summed E-state index contributed by atoms with van der Waals surface area (Å²) in [5, 5.41) is 7.29. The lowest BCUT2D eigenvalue weighted by Gasteiger charge is -2.41. The van der Waals surface area contributed by atoms with E-state index in [1.165, 1.54) is 42.3 Å². The molecule has 2 atom stereocenters. The zero-order valence-electron chi connectivity index (χ0n) is 13.5. The molecule has 0 radical (unpaired) electrons. The summed E-state index contributed by atoms with van der Waals surface area (Å²) in [6.07, 6.45) is 5.37. The van der Waals surface area contributed by atoms with Crippen LogP contribution in [0.2, 0.25) is 0 Å². The van der Waals surface area contributed by atoms with Crippen LogP contribution in [0, 0.1) is 17.3 Å². The van der Waals surface area contributed by atoms with Crippen LogP contribution in [0.4, 0.5) is 0 Å². The first-order valence-corrected chi connectivity index (χ1v) is 9.07. The first kappa shape index (κ1) is 15.1. The largest absolute Gasteiger partial charge is 0.319 e. The van der Waals surface area contributed by atoms with Crippen molar-refractivity contribution in [2.75, 3.05) is 13.6 Å². The highest BCUT2D eigenvalue weighted by Crippen LogP contribution is 2.43. The molecule has 0 aliphatic heterocycles. The molecule has 1 nitrogen and oxygen atoms in total. The first-order chi connectivity index (χ1) is 10.1. The maximum Gasteiger partial charge on any atom is 0.0345 e. The summed E-state index contributed by atoms with van der Waals surface area (Å²) in [7, 11) is 2.09. The molecular weight excluding hydrogens is 274 g/mol. The molecule has 0 amide bonds. The summed E-state index contributed by atoms with van der Waals surface area (Å²) in [5.41, 5.74) is 2.08. The standard InChI is InChI=1S/C19H27NS/c1-19(2)9-8-14(12-20-3)15(11-19)10-16-13-21-18-7-5-4-6-17(16)18/h4-7,13-15,20H,8-12H2,1-3H3. The molecule has 2 aromatic rings. The molecule has 1 heterocycles. The molecule has 1 aliphatic rings. The van der Waals surface area contributed by atoms with Crippen molar-refractivity contribution in [2.45, 2.75) is 39.5 Å². The lowest BCUT2D eigenvalue weighted by atomic mass is 9.65. The first-order valence-electron chi connectivity index (χ1n) is 8.19. The van der Waals surface area contributed by atoms with Crippen molar-refractivity contribution < 1.29 is 0 Å². The van der Waals surface area contributed by atoms with Gasteiger partial charge in [0.2, 0.25) is 0 Å². The van der Waals surface area contributed by atoms with Crippen LogP contribution in [0.3, 0.4) is 0 Å². The van der Waals surface area contributed by atoms with Crippen LogP contribution in [0.5, 0.6) is 0 Å². The van der Waals surface area contributed by atoms with Gasteiger partial charge in [0.1, 0.15) is 0 Å². The zero-order valence-corrected chi connectivity index (χ0v) is 14.3. The monoisotopic (exact) mass is 301 g/mol. The zero-order chi connectivity index (χ0) is 14.9. The van der Waals surface area contributed by atoms with Crippen molar-refractivity contribution in [1.82, 2.24) is 5.32 Å². The number of hydrogen-bond donors (Lipinski definition) is 1. The summed E-state index contributed by atoms with van der Waals surface area (Å²) in [5.74, 6) is 1.65. The smallest absolute Gasteiger partial charge is 0.0345 e. The fourth-order valence-electron chi connectivity index (χ4n) is 4.03. The van der Waals surface area contributed by atoms with Crippen LogP contribution >= 0.6 is 11.3 Å². The molecular formula is C19H27NS. The second-order valence-electron chi connectivity index (χ2n) is 7.45. The Morgan fingerprint density at radius 2 is 2.05 bits per heavy atom. The van der Waals surface area contributed by atoms with E-state index in [-0.39, 0.29) is 0 Å². The molecule has 0 spiro atoms. The predicted molar refractivity (Wildman–Crippen MR) is 94.1 cm³/mol. The van der Waals surface area contributed by atoms with Gasteiger partial charge in [-0.3, -0.25) is 0 Å². The highest BCUT2D eigenvalue weighted by Gasteiger charge is 2.34. The minimum Gasteiger partial charge on any atom is -0.319 e. The van der Waals surface area contributed by atoms with Gasteiger partial charge < -0.3 is 5.32 Å². The normalized spacial score (nSPS) is 25.3. The minimum absolute atomic E-state index is 0.515. The van der Waals surface area contributed by atoms with E-state index in [2.05, 4.69) is 55.9 Å². The van der Waals surface area contributed by atoms with Gasteiger partial charge in [-0.15, -0.1) is 11.3 Å². The fourth-order valence-corrected chi connectivity index (χ4v) is 5.01. The van der Waals surface area contributed by atoms with Crippen LogP contribution in [-0.4, -0.2) is 13.6 Å². The molecule has 1 aromatic heterocycles. The molecule has 0 bridgehead atoms. The summed E-state index contributed by atoms with van der Waals surface area (Å²) < 4.78 is 1.44. The molecule has 2 unspecified atom stereocenters. The third kappa shape index (κ3) is 3.32. The molecule has 21 heavy (non-hydrogen) atoms. The van der Waals surface area contributed by atoms with Crippen molar-refractivity contribution in [3.05, 3.63) is 35.2 Å². The molecule has 1 aliphatic carbocycles. The second kappa shape index (κ2) is 6.10. The van der Waals surface area contributed by atoms with Crippen molar-refractivity contribution in [2.24, 2.45) is 17.3 Å². The average Bonchev–Trinajstić information content (AvgIpc) is 2.85. The number of nitrogens with one attached hydrogen (secondary N) is 1. The lowest BCUT2D eigenvalue weighted by Crippen LogP contribution is -2.36. The van der Waals surface area contributed by atoms with Gasteiger partial charge in [0.15, 0.2) is 0 Å². The van der Waals surface area contributed by atoms with E-state index < -0.39 is 0 Å². The number of thiophene rings is 1. The molecule has 114 valence electrons. The van der Waals surface area contributed by atoms with E-state index in [0.717, 1.165) is 11.8 Å². The Hall–Kier alpha value is -0.860. The summed E-state index contributed by atoms with van der Waals surface area (Å²) in [4.78, 5) is 0. The summed E-state index contributed by atoms with van der Waals surface area (Å²) in [6, 6.07) is 8.87. The van der Waals surface area contributed by atoms with Crippen molar-refractivity contribution in [3.8, 4) is 0 Å². The summed E-state index contributed by atoms with van der Waals surface area (Å²) >= 11 is 1.90. The van der Waals surface area contributed by atoms with Crippen LogP contribution in [0.15, 0.2) is 29.6 Å². The van der Waals surface area contributed by atoms with Crippen molar-refractivity contribution in [3.63, 3.8) is 0 Å². The summed E-state index contributed by atoms with van der Waals surface area (Å²) in [6.45, 7) is 6.06. The molecule has 1 aromatic carbocycles. The number of rotatable bonds is 4. The maximum atomic E-state index is 3.41. The van der Waals surface area contributed by atoms with E-state index in [4.69, 9.17) is 0 Å². The molecule has 0 saturated heterocycles. The highest BCUT2D eigenvalue weighted by atomic mass is 32.1. The van der Waals surface area contributed by atoms with Crippen LogP contribution in [0.25, 0.3) is 10.1 Å². The Morgan fingerprint density at radius 1 is 1.24 bits per heavy atom. The van der Waals surface area contributed by atoms with Gasteiger partial charge >= 0.3 is 0 Å². The van der Waals surface area contributed by atoms with Gasteiger partial charge in [0.25, 0.3) is 0 Å². The average molecular weight is 301 g/mol. The third-order valence-electron chi connectivity index (χ3n) is 5.18. The second-order valence-corrected chi connectivity index (χ2v) is 8.36. The minimum atomic E-state index is 0.515. The van der Waals surface area contributed by atoms with Gasteiger partial charge in [0.05, 0.1) is 0 Å². The van der Waals surface area contributed by atoms with Gasteiger partial charge in [-0.05, 0) is 78.9 Å². The van der Waals surface area contributed by atoms with Crippen LogP contribution in [-0.2, 0) is 6.42 Å². The topological polar surface area (TPSA) is 12.0 Å². The Labute approximate surface area is 132 Å². The van der Waals surface area contributed by atoms with Crippen molar-refractivity contribution >= 4 is 21.4 Å². The predicted octanol–water partition coefficient (Wildman–Crippen LogP) is 5.11. The Morgan fingerprint density at radius 3 is 2.86 bits per heavy atom. The van der Waals surface area contributed by atoms with Gasteiger partial charge in [-0.25, -0.2) is 0 Å². The van der Waals surface area contributed by atoms with E-state index >= 15 is 0 Å². The molecule has 3 rings (SSSR count). The quantitative estimate of drug-likeness (QED) is 0.828. The van der Waals surface area contributed by atoms with E-state index in [1.807, 2.05) is 11.3 Å². The Bertz CT molecular complexity index is 598. The number of benzene rings is 1. The number of fused-ring (bicyclic) bond motifs is 1. The third-order valence-corrected chi connectivity index (χ3v) is 6.20. The SMILES string of the molecule is CNCC1CCC(C)(C)CC1Cc1csc2ccccc12. The Balaban J connectivity index is 1.83. The van der Waals surface area contributed by atoms with E-state index in [0.29, 0.717) is 5.41 Å². The van der Waals surface area contributed by atoms with Gasteiger partial charge in [-0.2, -0.15) is 0 Å². The molecule has 1 fully saturated rings. The Kier molecular flexibility index (Phi) is 4.37. The van der Waals surface area contributed by atoms with Crippen molar-refractivity contribution in [1.29, 1.82) is 0 Å². The van der Waals surface area contributed by atoms with E-state index in [1.54, 1.807) is 5.56 Å². The molecule has 1 saturated carbocycles. The van der Waals surface area contributed by atoms with Crippen LogP contribution < -0.4 is 5.32 Å².